The Kier molecular flexibility index (Phi) is 2.77. The number of allylic oxidation sites excluding steroid dienone is 1. The van der Waals surface area contributed by atoms with Crippen LogP contribution < -0.4 is 0 Å². The highest BCUT2D eigenvalue weighted by Crippen LogP contribution is 2.30. The van der Waals surface area contributed by atoms with Crippen molar-refractivity contribution in [1.82, 2.24) is 0 Å². The molecule has 1 atom stereocenters. The van der Waals surface area contributed by atoms with Gasteiger partial charge in [-0.2, -0.15) is 0 Å². The average Bonchev–Trinajstić information content (AvgIpc) is 2.61. The van der Waals surface area contributed by atoms with E-state index >= 15 is 0 Å². The molecule has 0 N–H and O–H groups in total. The summed E-state index contributed by atoms with van der Waals surface area (Å²) in [4.78, 5) is 11.0. The maximum absolute atomic E-state index is 11.0. The van der Waals surface area contributed by atoms with Crippen molar-refractivity contribution in [3.63, 3.8) is 0 Å². The van der Waals surface area contributed by atoms with Gasteiger partial charge >= 0.3 is 6.16 Å². The molecule has 0 aromatic heterocycles. The zero-order valence-corrected chi connectivity index (χ0v) is 8.97. The van der Waals surface area contributed by atoms with E-state index in [1.54, 1.807) is 0 Å². The van der Waals surface area contributed by atoms with E-state index in [0.717, 1.165) is 11.1 Å². The zero-order valence-electron chi connectivity index (χ0n) is 8.97. The molecule has 1 heterocycles. The van der Waals surface area contributed by atoms with Crippen molar-refractivity contribution in [2.24, 2.45) is 0 Å². The molecule has 1 aromatic carbocycles. The molecule has 0 aliphatic carbocycles. The molecule has 1 fully saturated rings. The molecule has 3 nitrogen and oxygen atoms in total. The van der Waals surface area contributed by atoms with Crippen molar-refractivity contribution in [3.8, 4) is 0 Å². The van der Waals surface area contributed by atoms with Gasteiger partial charge in [-0.25, -0.2) is 4.79 Å². The van der Waals surface area contributed by atoms with Crippen LogP contribution in [0, 0.1) is 0 Å². The first-order chi connectivity index (χ1) is 7.72. The predicted octanol–water partition coefficient (Wildman–Crippen LogP) is 3.14. The van der Waals surface area contributed by atoms with Gasteiger partial charge < -0.3 is 9.47 Å². The molecule has 0 saturated carbocycles. The maximum Gasteiger partial charge on any atom is 0.514 e. The SMILES string of the molecule is C=C1OC(=O)OC1/C(=C/C)c1ccccc1. The summed E-state index contributed by atoms with van der Waals surface area (Å²) in [6.07, 6.45) is 0.706. The summed E-state index contributed by atoms with van der Waals surface area (Å²) in [5.74, 6) is 0.335. The number of ether oxygens (including phenoxy) is 2. The minimum Gasteiger partial charge on any atom is -0.418 e. The van der Waals surface area contributed by atoms with Crippen LogP contribution in [-0.4, -0.2) is 12.3 Å². The van der Waals surface area contributed by atoms with E-state index < -0.39 is 12.3 Å². The Morgan fingerprint density at radius 1 is 1.38 bits per heavy atom. The highest BCUT2D eigenvalue weighted by molar-refractivity contribution is 5.77. The molecule has 1 aliphatic heterocycles. The van der Waals surface area contributed by atoms with Gasteiger partial charge in [-0.1, -0.05) is 43.0 Å². The van der Waals surface area contributed by atoms with E-state index in [1.165, 1.54) is 0 Å². The maximum atomic E-state index is 11.0. The fourth-order valence-corrected chi connectivity index (χ4v) is 1.68. The van der Waals surface area contributed by atoms with Crippen LogP contribution in [0.5, 0.6) is 0 Å². The molecule has 1 aromatic rings. The van der Waals surface area contributed by atoms with Crippen LogP contribution in [0.3, 0.4) is 0 Å². The summed E-state index contributed by atoms with van der Waals surface area (Å²) in [7, 11) is 0. The smallest absolute Gasteiger partial charge is 0.418 e. The minimum absolute atomic E-state index is 0.335. The summed E-state index contributed by atoms with van der Waals surface area (Å²) >= 11 is 0. The van der Waals surface area contributed by atoms with Gasteiger partial charge in [0.2, 0.25) is 0 Å². The molecular formula is C13H12O3. The second kappa shape index (κ2) is 4.23. The lowest BCUT2D eigenvalue weighted by molar-refractivity contribution is 0.128. The van der Waals surface area contributed by atoms with Crippen LogP contribution in [0.4, 0.5) is 4.79 Å². The normalized spacial score (nSPS) is 20.6. The van der Waals surface area contributed by atoms with E-state index in [2.05, 4.69) is 6.58 Å². The largest absolute Gasteiger partial charge is 0.514 e. The molecule has 1 aliphatic rings. The van der Waals surface area contributed by atoms with Crippen LogP contribution >= 0.6 is 0 Å². The van der Waals surface area contributed by atoms with Gasteiger partial charge in [0.05, 0.1) is 0 Å². The van der Waals surface area contributed by atoms with Crippen molar-refractivity contribution in [2.75, 3.05) is 0 Å². The van der Waals surface area contributed by atoms with E-state index in [1.807, 2.05) is 43.3 Å². The van der Waals surface area contributed by atoms with Crippen LogP contribution in [0.1, 0.15) is 12.5 Å². The van der Waals surface area contributed by atoms with Gasteiger partial charge in [-0.05, 0) is 12.5 Å². The quantitative estimate of drug-likeness (QED) is 0.712. The summed E-state index contributed by atoms with van der Waals surface area (Å²) in [6.45, 7) is 5.56. The van der Waals surface area contributed by atoms with E-state index in [0.29, 0.717) is 5.76 Å². The van der Waals surface area contributed by atoms with Crippen LogP contribution in [0.15, 0.2) is 48.7 Å². The Balaban J connectivity index is 2.32. The lowest BCUT2D eigenvalue weighted by Crippen LogP contribution is -2.10. The summed E-state index contributed by atoms with van der Waals surface area (Å²) in [5, 5.41) is 0. The third-order valence-electron chi connectivity index (χ3n) is 2.42. The number of cyclic esters (lactones) is 2. The average molecular weight is 216 g/mol. The number of benzene rings is 1. The number of carbonyl (C=O) groups is 1. The highest BCUT2D eigenvalue weighted by atomic mass is 16.8. The highest BCUT2D eigenvalue weighted by Gasteiger charge is 2.33. The second-order valence-corrected chi connectivity index (χ2v) is 3.43. The van der Waals surface area contributed by atoms with Crippen molar-refractivity contribution >= 4 is 11.7 Å². The lowest BCUT2D eigenvalue weighted by Gasteiger charge is -2.12. The van der Waals surface area contributed by atoms with Crippen molar-refractivity contribution in [3.05, 3.63) is 54.3 Å². The first-order valence-corrected chi connectivity index (χ1v) is 5.01. The van der Waals surface area contributed by atoms with Gasteiger partial charge in [0.1, 0.15) is 5.76 Å². The molecular weight excluding hydrogens is 204 g/mol. The van der Waals surface area contributed by atoms with Crippen LogP contribution in [0.2, 0.25) is 0 Å². The summed E-state index contributed by atoms with van der Waals surface area (Å²) < 4.78 is 9.83. The van der Waals surface area contributed by atoms with Gasteiger partial charge in [0, 0.05) is 5.57 Å². The van der Waals surface area contributed by atoms with Gasteiger partial charge in [-0.15, -0.1) is 0 Å². The van der Waals surface area contributed by atoms with E-state index in [9.17, 15) is 4.79 Å². The molecule has 1 saturated heterocycles. The van der Waals surface area contributed by atoms with Crippen LogP contribution in [-0.2, 0) is 9.47 Å². The first-order valence-electron chi connectivity index (χ1n) is 5.01. The Bertz CT molecular complexity index is 446. The first kappa shape index (κ1) is 10.5. The molecule has 16 heavy (non-hydrogen) atoms. The summed E-state index contributed by atoms with van der Waals surface area (Å²) in [6, 6.07) is 9.70. The Labute approximate surface area is 94.0 Å². The molecule has 2 rings (SSSR count). The Morgan fingerprint density at radius 2 is 2.06 bits per heavy atom. The summed E-state index contributed by atoms with van der Waals surface area (Å²) in [5.41, 5.74) is 1.88. The molecule has 3 heteroatoms. The molecule has 0 bridgehead atoms. The molecule has 0 spiro atoms. The Hall–Kier alpha value is -2.03. The molecule has 0 amide bonds. The number of hydrogen-bond donors (Lipinski definition) is 0. The van der Waals surface area contributed by atoms with Crippen molar-refractivity contribution < 1.29 is 14.3 Å². The Morgan fingerprint density at radius 3 is 2.56 bits per heavy atom. The molecule has 82 valence electrons. The number of hydrogen-bond acceptors (Lipinski definition) is 3. The third-order valence-corrected chi connectivity index (χ3v) is 2.42. The zero-order chi connectivity index (χ0) is 11.5. The van der Waals surface area contributed by atoms with Crippen molar-refractivity contribution in [2.45, 2.75) is 13.0 Å². The van der Waals surface area contributed by atoms with Crippen LogP contribution in [0.25, 0.3) is 5.57 Å². The van der Waals surface area contributed by atoms with Gasteiger partial charge in [-0.3, -0.25) is 0 Å². The van der Waals surface area contributed by atoms with E-state index in [-0.39, 0.29) is 0 Å². The number of carbonyl (C=O) groups excluding carboxylic acids is 1. The number of rotatable bonds is 2. The van der Waals surface area contributed by atoms with Gasteiger partial charge in [0.25, 0.3) is 0 Å². The standard InChI is InChI=1S/C13H12O3/c1-3-11(10-7-5-4-6-8-10)12-9(2)15-13(14)16-12/h3-8,12H,2H2,1H3/b11-3+. The monoisotopic (exact) mass is 216 g/mol. The minimum atomic E-state index is -0.690. The molecule has 1 unspecified atom stereocenters. The lowest BCUT2D eigenvalue weighted by atomic mass is 9.99. The molecule has 0 radical (unpaired) electrons. The van der Waals surface area contributed by atoms with Crippen molar-refractivity contribution in [1.29, 1.82) is 0 Å². The fourth-order valence-electron chi connectivity index (χ4n) is 1.68. The van der Waals surface area contributed by atoms with E-state index in [4.69, 9.17) is 9.47 Å². The second-order valence-electron chi connectivity index (χ2n) is 3.43. The predicted molar refractivity (Wildman–Crippen MR) is 60.6 cm³/mol. The fraction of sp³-hybridized carbons (Fsp3) is 0.154. The topological polar surface area (TPSA) is 35.5 Å². The van der Waals surface area contributed by atoms with Gasteiger partial charge in [0.15, 0.2) is 6.10 Å². The third kappa shape index (κ3) is 1.84.